The molecule has 1 aliphatic rings. The first-order chi connectivity index (χ1) is 13.3. The van der Waals surface area contributed by atoms with Gasteiger partial charge in [-0.3, -0.25) is 4.90 Å². The van der Waals surface area contributed by atoms with Crippen molar-refractivity contribution < 1.29 is 9.53 Å². The zero-order valence-corrected chi connectivity index (χ0v) is 15.8. The lowest BCUT2D eigenvalue weighted by Crippen LogP contribution is -2.42. The van der Waals surface area contributed by atoms with Gasteiger partial charge in [-0.15, -0.1) is 11.3 Å². The number of urea groups is 1. The molecular formula is C20H22N4O2S. The van der Waals surface area contributed by atoms with E-state index in [4.69, 9.17) is 9.72 Å². The average molecular weight is 382 g/mol. The molecule has 7 heteroatoms. The number of ether oxygens (including phenoxy) is 1. The lowest BCUT2D eigenvalue weighted by atomic mass is 10.2. The summed E-state index contributed by atoms with van der Waals surface area (Å²) in [6.07, 6.45) is 0. The van der Waals surface area contributed by atoms with Crippen LogP contribution in [-0.2, 0) is 4.74 Å². The zero-order valence-electron chi connectivity index (χ0n) is 15.0. The van der Waals surface area contributed by atoms with Crippen LogP contribution in [0.1, 0.15) is 0 Å². The Kier molecular flexibility index (Phi) is 5.62. The van der Waals surface area contributed by atoms with E-state index >= 15 is 0 Å². The topological polar surface area (TPSA) is 66.5 Å². The van der Waals surface area contributed by atoms with E-state index in [9.17, 15) is 4.79 Å². The minimum Gasteiger partial charge on any atom is -0.379 e. The molecule has 1 aliphatic heterocycles. The van der Waals surface area contributed by atoms with E-state index in [1.165, 1.54) is 0 Å². The van der Waals surface area contributed by atoms with Crippen LogP contribution in [0.4, 0.5) is 10.5 Å². The molecule has 0 radical (unpaired) electrons. The number of nitrogens with one attached hydrogen (secondary N) is 2. The van der Waals surface area contributed by atoms with Gasteiger partial charge in [0.05, 0.1) is 29.1 Å². The van der Waals surface area contributed by atoms with Crippen LogP contribution in [0.3, 0.4) is 0 Å². The van der Waals surface area contributed by atoms with Crippen LogP contribution in [0.15, 0.2) is 48.5 Å². The molecule has 2 N–H and O–H groups in total. The number of nitrogens with zero attached hydrogens (tertiary/aromatic N) is 2. The number of anilines is 1. The Morgan fingerprint density at radius 3 is 2.74 bits per heavy atom. The second-order valence-electron chi connectivity index (χ2n) is 6.37. The molecule has 6 nitrogen and oxygen atoms in total. The fraction of sp³-hybridized carbons (Fsp3) is 0.300. The van der Waals surface area contributed by atoms with Crippen molar-refractivity contribution in [1.29, 1.82) is 0 Å². The summed E-state index contributed by atoms with van der Waals surface area (Å²) in [7, 11) is 0. The Hall–Kier alpha value is -2.48. The first-order valence-electron chi connectivity index (χ1n) is 9.09. The van der Waals surface area contributed by atoms with Gasteiger partial charge in [0.1, 0.15) is 5.01 Å². The minimum absolute atomic E-state index is 0.197. The monoisotopic (exact) mass is 382 g/mol. The number of morpholine rings is 1. The van der Waals surface area contributed by atoms with Crippen LogP contribution in [0.2, 0.25) is 0 Å². The van der Waals surface area contributed by atoms with Gasteiger partial charge >= 0.3 is 6.03 Å². The molecule has 2 heterocycles. The summed E-state index contributed by atoms with van der Waals surface area (Å²) in [6, 6.07) is 15.6. The number of carbonyl (C=O) groups excluding carboxylic acids is 1. The summed E-state index contributed by atoms with van der Waals surface area (Å²) in [6.45, 7) is 4.81. The first kappa shape index (κ1) is 17.9. The van der Waals surface area contributed by atoms with Crippen LogP contribution < -0.4 is 10.6 Å². The second kappa shape index (κ2) is 8.47. The number of rotatable bonds is 5. The molecule has 2 amide bonds. The summed E-state index contributed by atoms with van der Waals surface area (Å²) in [5, 5.41) is 6.80. The van der Waals surface area contributed by atoms with Crippen LogP contribution in [0, 0.1) is 0 Å². The maximum Gasteiger partial charge on any atom is 0.319 e. The highest BCUT2D eigenvalue weighted by Gasteiger charge is 2.13. The molecule has 4 rings (SSSR count). The molecule has 0 aliphatic carbocycles. The molecule has 1 saturated heterocycles. The number of benzene rings is 2. The van der Waals surface area contributed by atoms with Gasteiger partial charge in [0.25, 0.3) is 0 Å². The lowest BCUT2D eigenvalue weighted by Gasteiger charge is -2.26. The molecule has 1 aromatic heterocycles. The van der Waals surface area contributed by atoms with Crippen molar-refractivity contribution in [2.24, 2.45) is 0 Å². The molecule has 140 valence electrons. The number of carbonyl (C=O) groups is 1. The van der Waals surface area contributed by atoms with Crippen molar-refractivity contribution in [1.82, 2.24) is 15.2 Å². The van der Waals surface area contributed by atoms with Crippen molar-refractivity contribution in [3.05, 3.63) is 48.5 Å². The smallest absolute Gasteiger partial charge is 0.319 e. The largest absolute Gasteiger partial charge is 0.379 e. The second-order valence-corrected chi connectivity index (χ2v) is 7.40. The molecule has 0 spiro atoms. The van der Waals surface area contributed by atoms with Gasteiger partial charge in [0.2, 0.25) is 0 Å². The van der Waals surface area contributed by atoms with Gasteiger partial charge in [-0.1, -0.05) is 24.3 Å². The molecular weight excluding hydrogens is 360 g/mol. The summed E-state index contributed by atoms with van der Waals surface area (Å²) in [5.41, 5.74) is 2.67. The molecule has 0 unspecified atom stereocenters. The van der Waals surface area contributed by atoms with E-state index in [0.717, 1.165) is 59.3 Å². The van der Waals surface area contributed by atoms with Gasteiger partial charge in [-0.2, -0.15) is 0 Å². The van der Waals surface area contributed by atoms with Gasteiger partial charge in [-0.25, -0.2) is 9.78 Å². The molecule has 1 fully saturated rings. The minimum atomic E-state index is -0.197. The Morgan fingerprint density at radius 1 is 1.11 bits per heavy atom. The molecule has 3 aromatic rings. The van der Waals surface area contributed by atoms with E-state index in [-0.39, 0.29) is 6.03 Å². The van der Waals surface area contributed by atoms with Crippen LogP contribution in [-0.4, -0.2) is 55.3 Å². The normalized spacial score (nSPS) is 15.0. The van der Waals surface area contributed by atoms with E-state index in [2.05, 4.69) is 21.6 Å². The van der Waals surface area contributed by atoms with Crippen molar-refractivity contribution in [2.45, 2.75) is 0 Å². The highest BCUT2D eigenvalue weighted by atomic mass is 32.1. The van der Waals surface area contributed by atoms with E-state index in [1.54, 1.807) is 11.3 Å². The van der Waals surface area contributed by atoms with E-state index in [1.807, 2.05) is 42.5 Å². The lowest BCUT2D eigenvalue weighted by molar-refractivity contribution is 0.0388. The summed E-state index contributed by atoms with van der Waals surface area (Å²) in [5.74, 6) is 0. The van der Waals surface area contributed by atoms with Gasteiger partial charge < -0.3 is 15.4 Å². The standard InChI is InChI=1S/C20H22N4O2S/c25-20(21-9-10-24-11-13-26-14-12-24)23-16-6-2-1-5-15(16)19-22-17-7-3-4-8-18(17)27-19/h1-8H,9-14H2,(H2,21,23,25). The zero-order chi connectivity index (χ0) is 18.5. The maximum atomic E-state index is 12.3. The third-order valence-corrected chi connectivity index (χ3v) is 5.59. The Morgan fingerprint density at radius 2 is 1.89 bits per heavy atom. The van der Waals surface area contributed by atoms with Crippen molar-refractivity contribution in [3.63, 3.8) is 0 Å². The number of amides is 2. The third kappa shape index (κ3) is 4.44. The van der Waals surface area contributed by atoms with Crippen molar-refractivity contribution in [3.8, 4) is 10.6 Å². The number of para-hydroxylation sites is 2. The number of thiazole rings is 1. The third-order valence-electron chi connectivity index (χ3n) is 4.52. The molecule has 0 bridgehead atoms. The number of fused-ring (bicyclic) bond motifs is 1. The predicted molar refractivity (Wildman–Crippen MR) is 109 cm³/mol. The Labute approximate surface area is 162 Å². The Bertz CT molecular complexity index is 888. The first-order valence-corrected chi connectivity index (χ1v) is 9.91. The predicted octanol–water partition coefficient (Wildman–Crippen LogP) is 3.42. The highest BCUT2D eigenvalue weighted by molar-refractivity contribution is 7.21. The fourth-order valence-corrected chi connectivity index (χ4v) is 4.09. The molecule has 0 saturated carbocycles. The van der Waals surface area contributed by atoms with Crippen LogP contribution >= 0.6 is 11.3 Å². The van der Waals surface area contributed by atoms with Gasteiger partial charge in [-0.05, 0) is 24.3 Å². The van der Waals surface area contributed by atoms with Gasteiger partial charge in [0, 0.05) is 31.7 Å². The SMILES string of the molecule is O=C(NCCN1CCOCC1)Nc1ccccc1-c1nc2ccccc2s1. The van der Waals surface area contributed by atoms with Gasteiger partial charge in [0.15, 0.2) is 0 Å². The summed E-state index contributed by atoms with van der Waals surface area (Å²) >= 11 is 1.63. The number of hydrogen-bond donors (Lipinski definition) is 2. The maximum absolute atomic E-state index is 12.3. The number of hydrogen-bond acceptors (Lipinski definition) is 5. The van der Waals surface area contributed by atoms with Crippen LogP contribution in [0.5, 0.6) is 0 Å². The summed E-state index contributed by atoms with van der Waals surface area (Å²) < 4.78 is 6.47. The molecule has 2 aromatic carbocycles. The van der Waals surface area contributed by atoms with Crippen molar-refractivity contribution in [2.75, 3.05) is 44.7 Å². The quantitative estimate of drug-likeness (QED) is 0.710. The summed E-state index contributed by atoms with van der Waals surface area (Å²) in [4.78, 5) is 19.3. The molecule has 27 heavy (non-hydrogen) atoms. The Balaban J connectivity index is 1.41. The van der Waals surface area contributed by atoms with Crippen molar-refractivity contribution >= 4 is 33.3 Å². The molecule has 0 atom stereocenters. The highest BCUT2D eigenvalue weighted by Crippen LogP contribution is 2.34. The van der Waals surface area contributed by atoms with E-state index in [0.29, 0.717) is 6.54 Å². The van der Waals surface area contributed by atoms with E-state index < -0.39 is 0 Å². The fourth-order valence-electron chi connectivity index (χ4n) is 3.08. The van der Waals surface area contributed by atoms with Crippen LogP contribution in [0.25, 0.3) is 20.8 Å². The average Bonchev–Trinajstić information content (AvgIpc) is 3.13. The number of aromatic nitrogens is 1.